The van der Waals surface area contributed by atoms with Crippen LogP contribution in [0.15, 0.2) is 47.5 Å². The largest absolute Gasteiger partial charge is 0.507 e. The number of aromatic hydroxyl groups is 1. The van der Waals surface area contributed by atoms with Crippen LogP contribution in [-0.2, 0) is 0 Å². The third kappa shape index (κ3) is 4.10. The van der Waals surface area contributed by atoms with E-state index in [4.69, 9.17) is 5.73 Å². The van der Waals surface area contributed by atoms with Crippen LogP contribution >= 0.6 is 0 Å². The number of hydrogen-bond acceptors (Lipinski definition) is 4. The highest BCUT2D eigenvalue weighted by Gasteiger charge is 2.05. The summed E-state index contributed by atoms with van der Waals surface area (Å²) in [7, 11) is 0. The first kappa shape index (κ1) is 16.5. The molecule has 2 rings (SSSR count). The molecule has 0 aliphatic rings. The van der Waals surface area contributed by atoms with Gasteiger partial charge in [-0.25, -0.2) is 0 Å². The van der Waals surface area contributed by atoms with Crippen LogP contribution in [0.5, 0.6) is 5.75 Å². The number of anilines is 1. The summed E-state index contributed by atoms with van der Waals surface area (Å²) in [6.45, 7) is 5.92. The molecule has 0 unspecified atom stereocenters. The lowest BCUT2D eigenvalue weighted by Gasteiger charge is -2.21. The smallest absolute Gasteiger partial charge is 0.248 e. The zero-order valence-corrected chi connectivity index (χ0v) is 13.4. The number of carbonyl (C=O) groups is 1. The van der Waals surface area contributed by atoms with Crippen LogP contribution in [0.3, 0.4) is 0 Å². The number of hydrogen-bond donors (Lipinski definition) is 2. The minimum atomic E-state index is -0.467. The van der Waals surface area contributed by atoms with Gasteiger partial charge in [0.1, 0.15) is 5.75 Å². The first-order valence-corrected chi connectivity index (χ1v) is 7.57. The van der Waals surface area contributed by atoms with Gasteiger partial charge in [-0.3, -0.25) is 9.79 Å². The van der Waals surface area contributed by atoms with Gasteiger partial charge in [0.15, 0.2) is 0 Å². The highest BCUT2D eigenvalue weighted by Crippen LogP contribution is 2.24. The highest BCUT2D eigenvalue weighted by atomic mass is 16.3. The zero-order chi connectivity index (χ0) is 16.8. The fourth-order valence-electron chi connectivity index (χ4n) is 2.28. The van der Waals surface area contributed by atoms with Gasteiger partial charge in [-0.15, -0.1) is 0 Å². The second-order valence-corrected chi connectivity index (χ2v) is 5.08. The number of phenolic OH excluding ortho intramolecular Hbond substituents is 1. The molecule has 0 saturated heterocycles. The predicted octanol–water partition coefficient (Wildman–Crippen LogP) is 3.09. The predicted molar refractivity (Wildman–Crippen MR) is 93.9 cm³/mol. The van der Waals surface area contributed by atoms with E-state index in [-0.39, 0.29) is 5.75 Å². The van der Waals surface area contributed by atoms with Gasteiger partial charge in [-0.2, -0.15) is 0 Å². The van der Waals surface area contributed by atoms with Crippen molar-refractivity contribution in [1.29, 1.82) is 0 Å². The Morgan fingerprint density at radius 1 is 1.17 bits per heavy atom. The average Bonchev–Trinajstić information content (AvgIpc) is 2.55. The maximum absolute atomic E-state index is 11.0. The van der Waals surface area contributed by atoms with E-state index in [2.05, 4.69) is 23.7 Å². The quantitative estimate of drug-likeness (QED) is 0.805. The molecule has 5 heteroatoms. The molecule has 0 fully saturated rings. The van der Waals surface area contributed by atoms with Gasteiger partial charge in [0.05, 0.1) is 5.69 Å². The number of carbonyl (C=O) groups excluding carboxylic acids is 1. The van der Waals surface area contributed by atoms with Crippen molar-refractivity contribution in [2.45, 2.75) is 13.8 Å². The molecular formula is C18H21N3O2. The number of primary amides is 1. The van der Waals surface area contributed by atoms with Gasteiger partial charge in [0, 0.05) is 42.2 Å². The molecule has 23 heavy (non-hydrogen) atoms. The van der Waals surface area contributed by atoms with E-state index in [0.29, 0.717) is 16.8 Å². The van der Waals surface area contributed by atoms with Gasteiger partial charge in [0.2, 0.25) is 5.91 Å². The Balaban J connectivity index is 2.17. The van der Waals surface area contributed by atoms with Crippen LogP contribution in [0, 0.1) is 0 Å². The summed E-state index contributed by atoms with van der Waals surface area (Å²) in [5.74, 6) is -0.280. The van der Waals surface area contributed by atoms with E-state index in [1.165, 1.54) is 0 Å². The minimum absolute atomic E-state index is 0.187. The lowest BCUT2D eigenvalue weighted by atomic mass is 10.1. The minimum Gasteiger partial charge on any atom is -0.507 e. The Bertz CT molecular complexity index is 705. The summed E-state index contributed by atoms with van der Waals surface area (Å²) in [4.78, 5) is 17.5. The van der Waals surface area contributed by atoms with Crippen LogP contribution in [0.4, 0.5) is 11.4 Å². The van der Waals surface area contributed by atoms with Crippen LogP contribution in [0.2, 0.25) is 0 Å². The second kappa shape index (κ2) is 7.45. The van der Waals surface area contributed by atoms with Gasteiger partial charge < -0.3 is 15.7 Å². The molecule has 0 atom stereocenters. The lowest BCUT2D eigenvalue weighted by molar-refractivity contribution is 0.100. The lowest BCUT2D eigenvalue weighted by Crippen LogP contribution is -2.21. The third-order valence-electron chi connectivity index (χ3n) is 3.65. The van der Waals surface area contributed by atoms with Crippen molar-refractivity contribution in [2.75, 3.05) is 18.0 Å². The van der Waals surface area contributed by atoms with E-state index in [0.717, 1.165) is 18.8 Å². The zero-order valence-electron chi connectivity index (χ0n) is 13.4. The number of phenols is 1. The van der Waals surface area contributed by atoms with Crippen molar-refractivity contribution in [3.63, 3.8) is 0 Å². The summed E-state index contributed by atoms with van der Waals surface area (Å²) in [6, 6.07) is 12.2. The van der Waals surface area contributed by atoms with Crippen LogP contribution in [-0.4, -0.2) is 30.3 Å². The van der Waals surface area contributed by atoms with Crippen LogP contribution in [0.25, 0.3) is 0 Å². The van der Waals surface area contributed by atoms with Crippen molar-refractivity contribution in [3.05, 3.63) is 53.6 Å². The van der Waals surface area contributed by atoms with Crippen molar-refractivity contribution in [3.8, 4) is 5.75 Å². The number of aliphatic imine (C=N–C) groups is 1. The molecule has 0 aliphatic heterocycles. The summed E-state index contributed by atoms with van der Waals surface area (Å²) in [5, 5.41) is 10.1. The maximum atomic E-state index is 11.0. The number of rotatable bonds is 6. The van der Waals surface area contributed by atoms with Gasteiger partial charge in [-0.05, 0) is 50.2 Å². The van der Waals surface area contributed by atoms with Crippen LogP contribution in [0.1, 0.15) is 29.8 Å². The Kier molecular flexibility index (Phi) is 5.36. The fourth-order valence-corrected chi connectivity index (χ4v) is 2.28. The molecule has 0 spiro atoms. The summed E-state index contributed by atoms with van der Waals surface area (Å²) < 4.78 is 0. The average molecular weight is 311 g/mol. The van der Waals surface area contributed by atoms with Crippen molar-refractivity contribution >= 4 is 23.5 Å². The first-order valence-electron chi connectivity index (χ1n) is 7.57. The van der Waals surface area contributed by atoms with E-state index in [1.54, 1.807) is 36.5 Å². The fraction of sp³-hybridized carbons (Fsp3) is 0.222. The number of nitrogens with zero attached hydrogens (tertiary/aromatic N) is 2. The van der Waals surface area contributed by atoms with Gasteiger partial charge in [0.25, 0.3) is 0 Å². The standard InChI is InChI=1S/C18H21N3O2/c1-3-21(4-2)16-10-7-14(17(22)11-16)12-20-15-8-5-13(6-9-15)18(19)23/h5-12,22H,3-4H2,1-2H3,(H2,19,23). The molecule has 2 aromatic rings. The molecule has 0 heterocycles. The first-order chi connectivity index (χ1) is 11.0. The Morgan fingerprint density at radius 3 is 2.35 bits per heavy atom. The molecule has 0 radical (unpaired) electrons. The topological polar surface area (TPSA) is 78.9 Å². The van der Waals surface area contributed by atoms with Crippen molar-refractivity contribution in [2.24, 2.45) is 10.7 Å². The van der Waals surface area contributed by atoms with Gasteiger partial charge >= 0.3 is 0 Å². The Morgan fingerprint density at radius 2 is 1.83 bits per heavy atom. The summed E-state index contributed by atoms with van der Waals surface area (Å²) in [5.41, 5.74) is 7.94. The molecule has 2 aromatic carbocycles. The Labute approximate surface area is 136 Å². The molecule has 0 aromatic heterocycles. The monoisotopic (exact) mass is 311 g/mol. The maximum Gasteiger partial charge on any atom is 0.248 e. The third-order valence-corrected chi connectivity index (χ3v) is 3.65. The molecule has 5 nitrogen and oxygen atoms in total. The molecule has 3 N–H and O–H groups in total. The highest BCUT2D eigenvalue weighted by molar-refractivity contribution is 5.93. The van der Waals surface area contributed by atoms with E-state index < -0.39 is 5.91 Å². The van der Waals surface area contributed by atoms with E-state index >= 15 is 0 Å². The molecule has 0 bridgehead atoms. The summed E-state index contributed by atoms with van der Waals surface area (Å²) in [6.07, 6.45) is 1.60. The molecule has 0 aliphatic carbocycles. The van der Waals surface area contributed by atoms with Crippen molar-refractivity contribution < 1.29 is 9.90 Å². The molecule has 0 saturated carbocycles. The summed E-state index contributed by atoms with van der Waals surface area (Å²) >= 11 is 0. The molecule has 120 valence electrons. The number of nitrogens with two attached hydrogens (primary N) is 1. The Hall–Kier alpha value is -2.82. The molecular weight excluding hydrogens is 290 g/mol. The van der Waals surface area contributed by atoms with Crippen LogP contribution < -0.4 is 10.6 Å². The molecule has 1 amide bonds. The van der Waals surface area contributed by atoms with Crippen molar-refractivity contribution in [1.82, 2.24) is 0 Å². The van der Waals surface area contributed by atoms with Gasteiger partial charge in [-0.1, -0.05) is 0 Å². The van der Waals surface area contributed by atoms with E-state index in [1.807, 2.05) is 12.1 Å². The number of benzene rings is 2. The number of amides is 1. The normalized spacial score (nSPS) is 10.9. The van der Waals surface area contributed by atoms with E-state index in [9.17, 15) is 9.90 Å². The SMILES string of the molecule is CCN(CC)c1ccc(C=Nc2ccc(C(N)=O)cc2)c(O)c1. The second-order valence-electron chi connectivity index (χ2n) is 5.08.